The molecule has 138 valence electrons. The van der Waals surface area contributed by atoms with Crippen molar-refractivity contribution in [2.75, 3.05) is 0 Å². The zero-order valence-corrected chi connectivity index (χ0v) is 16.5. The second-order valence-electron chi connectivity index (χ2n) is 7.84. The number of benzene rings is 1. The van der Waals surface area contributed by atoms with Crippen molar-refractivity contribution in [2.24, 2.45) is 0 Å². The first-order chi connectivity index (χ1) is 11.8. The Morgan fingerprint density at radius 1 is 1.04 bits per heavy atom. The molecule has 25 heavy (non-hydrogen) atoms. The van der Waals surface area contributed by atoms with E-state index in [-0.39, 0.29) is 24.4 Å². The van der Waals surface area contributed by atoms with Crippen molar-refractivity contribution >= 4 is 7.12 Å². The molecule has 1 fully saturated rings. The van der Waals surface area contributed by atoms with Crippen LogP contribution in [0.5, 0.6) is 0 Å². The lowest BCUT2D eigenvalue weighted by atomic mass is 9.89. The Morgan fingerprint density at radius 3 is 2.28 bits per heavy atom. The van der Waals surface area contributed by atoms with Crippen LogP contribution in [-0.4, -0.2) is 24.4 Å². The molecule has 4 heteroatoms. The summed E-state index contributed by atoms with van der Waals surface area (Å²) in [6, 6.07) is 10.3. The Bertz CT molecular complexity index is 523. The number of ether oxygens (including phenoxy) is 1. The van der Waals surface area contributed by atoms with Crippen LogP contribution in [0, 0.1) is 0 Å². The van der Waals surface area contributed by atoms with Gasteiger partial charge in [0.15, 0.2) is 0 Å². The largest absolute Gasteiger partial charge is 0.486 e. The Balaban J connectivity index is 1.93. The summed E-state index contributed by atoms with van der Waals surface area (Å²) in [7, 11) is -0.306. The van der Waals surface area contributed by atoms with E-state index in [0.717, 1.165) is 6.42 Å². The minimum atomic E-state index is -0.306. The minimum absolute atomic E-state index is 0.0887. The molecular formula is C21H33BO3. The van der Waals surface area contributed by atoms with Crippen molar-refractivity contribution in [3.05, 3.63) is 47.9 Å². The van der Waals surface area contributed by atoms with Gasteiger partial charge in [0.25, 0.3) is 0 Å². The van der Waals surface area contributed by atoms with Crippen molar-refractivity contribution in [1.82, 2.24) is 0 Å². The van der Waals surface area contributed by atoms with Crippen LogP contribution in [0.3, 0.4) is 0 Å². The van der Waals surface area contributed by atoms with E-state index >= 15 is 0 Å². The highest BCUT2D eigenvalue weighted by Crippen LogP contribution is 2.36. The SMILES string of the molecule is CCCCCC(C=CB1OC(C)(C)C(C)(C)O1)OCc1ccccc1. The fourth-order valence-corrected chi connectivity index (χ4v) is 2.79. The van der Waals surface area contributed by atoms with E-state index in [9.17, 15) is 0 Å². The average Bonchev–Trinajstić information content (AvgIpc) is 2.78. The van der Waals surface area contributed by atoms with Gasteiger partial charge in [0, 0.05) is 0 Å². The molecule has 3 nitrogen and oxygen atoms in total. The zero-order chi connectivity index (χ0) is 18.3. The summed E-state index contributed by atoms with van der Waals surface area (Å²) in [5, 5.41) is 0. The van der Waals surface area contributed by atoms with Crippen LogP contribution in [0.2, 0.25) is 0 Å². The molecule has 0 spiro atoms. The molecule has 1 aliphatic heterocycles. The minimum Gasteiger partial charge on any atom is -0.400 e. The van der Waals surface area contributed by atoms with E-state index in [4.69, 9.17) is 14.0 Å². The fourth-order valence-electron chi connectivity index (χ4n) is 2.79. The van der Waals surface area contributed by atoms with Gasteiger partial charge in [0.1, 0.15) is 0 Å². The third-order valence-corrected chi connectivity index (χ3v) is 5.15. The summed E-state index contributed by atoms with van der Waals surface area (Å²) < 4.78 is 18.2. The highest BCUT2D eigenvalue weighted by molar-refractivity contribution is 6.51. The maximum Gasteiger partial charge on any atom is 0.486 e. The molecule has 0 radical (unpaired) electrons. The van der Waals surface area contributed by atoms with Crippen LogP contribution in [0.1, 0.15) is 65.9 Å². The van der Waals surface area contributed by atoms with Crippen molar-refractivity contribution in [1.29, 1.82) is 0 Å². The molecule has 2 rings (SSSR count). The fraction of sp³-hybridized carbons (Fsp3) is 0.619. The van der Waals surface area contributed by atoms with E-state index in [1.807, 2.05) is 24.2 Å². The highest BCUT2D eigenvalue weighted by atomic mass is 16.7. The Kier molecular flexibility index (Phi) is 7.30. The molecule has 1 aromatic carbocycles. The van der Waals surface area contributed by atoms with Gasteiger partial charge in [-0.25, -0.2) is 0 Å². The quantitative estimate of drug-likeness (QED) is 0.447. The summed E-state index contributed by atoms with van der Waals surface area (Å²) in [4.78, 5) is 0. The molecular weight excluding hydrogens is 311 g/mol. The van der Waals surface area contributed by atoms with E-state index in [2.05, 4.69) is 52.8 Å². The molecule has 0 aromatic heterocycles. The van der Waals surface area contributed by atoms with Crippen molar-refractivity contribution < 1.29 is 14.0 Å². The van der Waals surface area contributed by atoms with Crippen LogP contribution in [-0.2, 0) is 20.7 Å². The molecule has 0 aliphatic carbocycles. The second kappa shape index (κ2) is 9.02. The standard InChI is InChI=1S/C21H33BO3/c1-6-7-9-14-19(23-17-18-12-10-8-11-13-18)15-16-22-24-20(2,3)21(4,5)25-22/h8,10-13,15-16,19H,6-7,9,14,17H2,1-5H3. The van der Waals surface area contributed by atoms with E-state index in [1.165, 1.54) is 24.8 Å². The van der Waals surface area contributed by atoms with E-state index in [1.54, 1.807) is 0 Å². The normalized spacial score (nSPS) is 20.3. The van der Waals surface area contributed by atoms with Crippen LogP contribution in [0.4, 0.5) is 0 Å². The molecule has 1 heterocycles. The molecule has 1 aliphatic rings. The molecule has 0 amide bonds. The first kappa shape index (κ1) is 20.2. The van der Waals surface area contributed by atoms with Crippen molar-refractivity contribution in [3.8, 4) is 0 Å². The summed E-state index contributed by atoms with van der Waals surface area (Å²) in [6.45, 7) is 11.2. The molecule has 1 aromatic rings. The lowest BCUT2D eigenvalue weighted by molar-refractivity contribution is 0.00578. The molecule has 0 N–H and O–H groups in total. The summed E-state index contributed by atoms with van der Waals surface area (Å²) in [5.41, 5.74) is 0.599. The van der Waals surface area contributed by atoms with E-state index < -0.39 is 0 Å². The summed E-state index contributed by atoms with van der Waals surface area (Å²) >= 11 is 0. The van der Waals surface area contributed by atoms with E-state index in [0.29, 0.717) is 6.61 Å². The molecule has 1 unspecified atom stereocenters. The lowest BCUT2D eigenvalue weighted by Gasteiger charge is -2.32. The third kappa shape index (κ3) is 5.98. The van der Waals surface area contributed by atoms with Crippen molar-refractivity contribution in [3.63, 3.8) is 0 Å². The van der Waals surface area contributed by atoms with Gasteiger partial charge in [-0.1, -0.05) is 68.6 Å². The average molecular weight is 344 g/mol. The second-order valence-corrected chi connectivity index (χ2v) is 7.84. The number of hydrogen-bond donors (Lipinski definition) is 0. The Hall–Kier alpha value is -1.10. The predicted molar refractivity (Wildman–Crippen MR) is 104 cm³/mol. The number of rotatable bonds is 9. The van der Waals surface area contributed by atoms with Crippen LogP contribution < -0.4 is 0 Å². The number of hydrogen-bond acceptors (Lipinski definition) is 3. The first-order valence-electron chi connectivity index (χ1n) is 9.53. The zero-order valence-electron chi connectivity index (χ0n) is 16.5. The molecule has 1 saturated heterocycles. The first-order valence-corrected chi connectivity index (χ1v) is 9.53. The van der Waals surface area contributed by atoms with Gasteiger partial charge < -0.3 is 14.0 Å². The lowest BCUT2D eigenvalue weighted by Crippen LogP contribution is -2.41. The van der Waals surface area contributed by atoms with Crippen LogP contribution >= 0.6 is 0 Å². The Morgan fingerprint density at radius 2 is 1.68 bits per heavy atom. The highest BCUT2D eigenvalue weighted by Gasteiger charge is 2.50. The van der Waals surface area contributed by atoms with Gasteiger partial charge in [-0.05, 0) is 39.7 Å². The third-order valence-electron chi connectivity index (χ3n) is 5.15. The summed E-state index contributed by atoms with van der Waals surface area (Å²) in [6.07, 6.45) is 6.84. The van der Waals surface area contributed by atoms with Gasteiger partial charge in [0.2, 0.25) is 0 Å². The molecule has 0 bridgehead atoms. The van der Waals surface area contributed by atoms with Gasteiger partial charge in [0.05, 0.1) is 23.9 Å². The Labute approximate surface area is 153 Å². The predicted octanol–water partition coefficient (Wildman–Crippen LogP) is 5.34. The van der Waals surface area contributed by atoms with Crippen molar-refractivity contribution in [2.45, 2.75) is 84.2 Å². The molecule has 0 saturated carbocycles. The van der Waals surface area contributed by atoms with Crippen LogP contribution in [0.15, 0.2) is 42.4 Å². The smallest absolute Gasteiger partial charge is 0.400 e. The maximum atomic E-state index is 6.14. The number of unbranched alkanes of at least 4 members (excludes halogenated alkanes) is 2. The summed E-state index contributed by atoms with van der Waals surface area (Å²) in [5.74, 6) is 2.01. The monoisotopic (exact) mass is 344 g/mol. The van der Waals surface area contributed by atoms with Gasteiger partial charge >= 0.3 is 7.12 Å². The van der Waals surface area contributed by atoms with Gasteiger partial charge in [-0.15, -0.1) is 0 Å². The van der Waals surface area contributed by atoms with Gasteiger partial charge in [-0.3, -0.25) is 0 Å². The molecule has 1 atom stereocenters. The topological polar surface area (TPSA) is 27.7 Å². The van der Waals surface area contributed by atoms with Crippen LogP contribution in [0.25, 0.3) is 0 Å². The van der Waals surface area contributed by atoms with Gasteiger partial charge in [-0.2, -0.15) is 0 Å². The maximum absolute atomic E-state index is 6.14.